The van der Waals surface area contributed by atoms with Crippen molar-refractivity contribution >= 4 is 17.1 Å². The van der Waals surface area contributed by atoms with Gasteiger partial charge < -0.3 is 15.0 Å². The first-order chi connectivity index (χ1) is 12.3. The third-order valence-corrected chi connectivity index (χ3v) is 5.08. The second kappa shape index (κ2) is 6.23. The fourth-order valence-electron chi connectivity index (χ4n) is 3.80. The average Bonchev–Trinajstić information content (AvgIpc) is 3.32. The lowest BCUT2D eigenvalue weighted by atomic mass is 9.97. The van der Waals surface area contributed by atoms with Gasteiger partial charge in [0.25, 0.3) is 0 Å². The Morgan fingerprint density at radius 2 is 2.08 bits per heavy atom. The van der Waals surface area contributed by atoms with Crippen LogP contribution < -0.4 is 5.32 Å². The molecule has 0 radical (unpaired) electrons. The molecule has 2 atom stereocenters. The van der Waals surface area contributed by atoms with Crippen LogP contribution in [0.1, 0.15) is 63.8 Å². The second-order valence-corrected chi connectivity index (χ2v) is 8.36. The quantitative estimate of drug-likeness (QED) is 0.863. The minimum atomic E-state index is -0.524. The van der Waals surface area contributed by atoms with Crippen LogP contribution in [0, 0.1) is 0 Å². The summed E-state index contributed by atoms with van der Waals surface area (Å²) in [5.74, 6) is 0.579. The van der Waals surface area contributed by atoms with Gasteiger partial charge in [-0.3, -0.25) is 4.90 Å². The summed E-state index contributed by atoms with van der Waals surface area (Å²) in [4.78, 5) is 27.0. The largest absolute Gasteiger partial charge is 0.444 e. The number of nitrogens with zero attached hydrogens (tertiary/aromatic N) is 3. The first-order valence-electron chi connectivity index (χ1n) is 9.40. The van der Waals surface area contributed by atoms with Crippen LogP contribution in [0.2, 0.25) is 0 Å². The smallest absolute Gasteiger partial charge is 0.410 e. The van der Waals surface area contributed by atoms with Crippen LogP contribution in [0.5, 0.6) is 0 Å². The summed E-state index contributed by atoms with van der Waals surface area (Å²) in [6, 6.07) is -0.103. The van der Waals surface area contributed by atoms with Crippen molar-refractivity contribution < 1.29 is 9.53 Å². The first-order valence-corrected chi connectivity index (χ1v) is 9.40. The van der Waals surface area contributed by atoms with Crippen LogP contribution in [0.4, 0.5) is 4.79 Å². The summed E-state index contributed by atoms with van der Waals surface area (Å²) < 4.78 is 5.67. The minimum Gasteiger partial charge on any atom is -0.444 e. The molecule has 4 rings (SSSR count). The standard InChI is InChI=1S/C19H27N5O2/c1-11-16(24(8-7-20-11)18(25)26-19(2,3)4)15-14-13(12-5-6-12)9-21-17(14)23-10-22-15/h9-12,16,20H,5-8H2,1-4H3,(H,21,22,23). The van der Waals surface area contributed by atoms with Crippen molar-refractivity contribution in [3.05, 3.63) is 23.8 Å². The summed E-state index contributed by atoms with van der Waals surface area (Å²) in [7, 11) is 0. The predicted molar refractivity (Wildman–Crippen MR) is 99.0 cm³/mol. The third kappa shape index (κ3) is 3.16. The maximum absolute atomic E-state index is 12.9. The molecule has 1 saturated carbocycles. The third-order valence-electron chi connectivity index (χ3n) is 5.08. The van der Waals surface area contributed by atoms with Gasteiger partial charge in [-0.05, 0) is 52.0 Å². The number of amides is 1. The van der Waals surface area contributed by atoms with Gasteiger partial charge in [-0.25, -0.2) is 14.8 Å². The zero-order valence-corrected chi connectivity index (χ0v) is 15.9. The molecule has 0 bridgehead atoms. The maximum Gasteiger partial charge on any atom is 0.410 e. The highest BCUT2D eigenvalue weighted by Gasteiger charge is 2.39. The fraction of sp³-hybridized carbons (Fsp3) is 0.632. The van der Waals surface area contributed by atoms with Gasteiger partial charge in [-0.1, -0.05) is 0 Å². The summed E-state index contributed by atoms with van der Waals surface area (Å²) in [5, 5.41) is 4.55. The van der Waals surface area contributed by atoms with Gasteiger partial charge in [0.15, 0.2) is 0 Å². The van der Waals surface area contributed by atoms with Crippen molar-refractivity contribution in [3.8, 4) is 0 Å². The zero-order chi connectivity index (χ0) is 18.5. The number of aromatic amines is 1. The van der Waals surface area contributed by atoms with Gasteiger partial charge in [0.1, 0.15) is 17.6 Å². The molecule has 2 fully saturated rings. The summed E-state index contributed by atoms with van der Waals surface area (Å²) in [6.07, 6.45) is 5.76. The van der Waals surface area contributed by atoms with Crippen LogP contribution in [0.25, 0.3) is 11.0 Å². The van der Waals surface area contributed by atoms with Crippen LogP contribution in [-0.4, -0.2) is 50.7 Å². The van der Waals surface area contributed by atoms with E-state index in [0.29, 0.717) is 12.5 Å². The number of hydrogen-bond acceptors (Lipinski definition) is 5. The number of carbonyl (C=O) groups is 1. The lowest BCUT2D eigenvalue weighted by Crippen LogP contribution is -2.54. The topological polar surface area (TPSA) is 83.1 Å². The number of piperazine rings is 1. The molecule has 0 spiro atoms. The number of carbonyl (C=O) groups excluding carboxylic acids is 1. The monoisotopic (exact) mass is 357 g/mol. The first kappa shape index (κ1) is 17.3. The van der Waals surface area contributed by atoms with E-state index in [-0.39, 0.29) is 18.2 Å². The highest BCUT2D eigenvalue weighted by Crippen LogP contribution is 2.45. The van der Waals surface area contributed by atoms with Gasteiger partial charge in [0, 0.05) is 30.7 Å². The average molecular weight is 357 g/mol. The molecule has 2 N–H and O–H groups in total. The number of aromatic nitrogens is 3. The number of H-pyrrole nitrogens is 1. The molecule has 1 aliphatic heterocycles. The Balaban J connectivity index is 1.77. The van der Waals surface area contributed by atoms with Crippen molar-refractivity contribution in [1.29, 1.82) is 0 Å². The molecule has 140 valence electrons. The molecular formula is C19H27N5O2. The van der Waals surface area contributed by atoms with E-state index in [9.17, 15) is 4.79 Å². The highest BCUT2D eigenvalue weighted by atomic mass is 16.6. The minimum absolute atomic E-state index is 0.0799. The van der Waals surface area contributed by atoms with Gasteiger partial charge in [-0.2, -0.15) is 0 Å². The number of fused-ring (bicyclic) bond motifs is 1. The van der Waals surface area contributed by atoms with Crippen LogP contribution in [-0.2, 0) is 4.74 Å². The van der Waals surface area contributed by atoms with Crippen molar-refractivity contribution in [2.75, 3.05) is 13.1 Å². The molecule has 2 unspecified atom stereocenters. The van der Waals surface area contributed by atoms with Gasteiger partial charge in [0.2, 0.25) is 0 Å². The molecule has 26 heavy (non-hydrogen) atoms. The van der Waals surface area contributed by atoms with Crippen molar-refractivity contribution in [2.24, 2.45) is 0 Å². The predicted octanol–water partition coefficient (Wildman–Crippen LogP) is 3.11. The Morgan fingerprint density at radius 1 is 1.31 bits per heavy atom. The molecule has 1 saturated heterocycles. The molecule has 2 aromatic heterocycles. The van der Waals surface area contributed by atoms with E-state index in [4.69, 9.17) is 4.74 Å². The summed E-state index contributed by atoms with van der Waals surface area (Å²) >= 11 is 0. The Labute approximate surface area is 153 Å². The van der Waals surface area contributed by atoms with Crippen LogP contribution >= 0.6 is 0 Å². The molecule has 3 heterocycles. The summed E-state index contributed by atoms with van der Waals surface area (Å²) in [5.41, 5.74) is 2.50. The second-order valence-electron chi connectivity index (χ2n) is 8.36. The lowest BCUT2D eigenvalue weighted by molar-refractivity contribution is 0.00596. The Bertz CT molecular complexity index is 821. The van der Waals surface area contributed by atoms with Crippen molar-refractivity contribution in [3.63, 3.8) is 0 Å². The molecule has 2 aliphatic rings. The van der Waals surface area contributed by atoms with E-state index in [2.05, 4.69) is 33.4 Å². The van der Waals surface area contributed by atoms with Gasteiger partial charge >= 0.3 is 6.09 Å². The molecule has 1 amide bonds. The number of nitrogens with one attached hydrogen (secondary N) is 2. The SMILES string of the molecule is CC1NCCN(C(=O)OC(C)(C)C)C1c1ncnc2[nH]cc(C3CC3)c12. The van der Waals surface area contributed by atoms with Gasteiger partial charge in [0.05, 0.1) is 11.7 Å². The lowest BCUT2D eigenvalue weighted by Gasteiger charge is -2.40. The molecule has 7 heteroatoms. The van der Waals surface area contributed by atoms with Crippen molar-refractivity contribution in [2.45, 2.75) is 64.1 Å². The highest BCUT2D eigenvalue weighted by molar-refractivity contribution is 5.84. The van der Waals surface area contributed by atoms with E-state index in [0.717, 1.165) is 23.3 Å². The maximum atomic E-state index is 12.9. The molecule has 1 aliphatic carbocycles. The fourth-order valence-corrected chi connectivity index (χ4v) is 3.80. The number of ether oxygens (including phenoxy) is 1. The van der Waals surface area contributed by atoms with E-state index >= 15 is 0 Å². The number of hydrogen-bond donors (Lipinski definition) is 2. The Kier molecular flexibility index (Phi) is 4.14. The number of rotatable bonds is 2. The summed E-state index contributed by atoms with van der Waals surface area (Å²) in [6.45, 7) is 9.12. The Hall–Kier alpha value is -2.15. The normalized spacial score (nSPS) is 24.1. The van der Waals surface area contributed by atoms with Crippen LogP contribution in [0.3, 0.4) is 0 Å². The van der Waals surface area contributed by atoms with Gasteiger partial charge in [-0.15, -0.1) is 0 Å². The molecule has 2 aromatic rings. The molecular weight excluding hydrogens is 330 g/mol. The van der Waals surface area contributed by atoms with E-state index in [1.807, 2.05) is 25.7 Å². The molecule has 7 nitrogen and oxygen atoms in total. The van der Waals surface area contributed by atoms with Crippen molar-refractivity contribution in [1.82, 2.24) is 25.2 Å². The Morgan fingerprint density at radius 3 is 2.77 bits per heavy atom. The zero-order valence-electron chi connectivity index (χ0n) is 15.9. The van der Waals surface area contributed by atoms with E-state index in [1.54, 1.807) is 6.33 Å². The van der Waals surface area contributed by atoms with E-state index in [1.165, 1.54) is 18.4 Å². The van der Waals surface area contributed by atoms with Crippen LogP contribution in [0.15, 0.2) is 12.5 Å². The molecule has 0 aromatic carbocycles. The van der Waals surface area contributed by atoms with E-state index < -0.39 is 5.60 Å².